The number of amides is 1. The summed E-state index contributed by atoms with van der Waals surface area (Å²) >= 11 is 0. The molecular weight excluding hydrogens is 416 g/mol. The summed E-state index contributed by atoms with van der Waals surface area (Å²) in [5.74, 6) is 0.0775. The Balaban J connectivity index is 1.54. The Kier molecular flexibility index (Phi) is 7.12. The number of rotatable bonds is 9. The number of carbonyl (C=O) groups excluding carboxylic acids is 1. The Morgan fingerprint density at radius 1 is 1.06 bits per heavy atom. The number of hydrogen-bond donors (Lipinski definition) is 1. The van der Waals surface area contributed by atoms with Crippen LogP contribution in [0.4, 0.5) is 0 Å². The van der Waals surface area contributed by atoms with E-state index in [9.17, 15) is 13.2 Å². The van der Waals surface area contributed by atoms with Gasteiger partial charge in [0.1, 0.15) is 17.3 Å². The van der Waals surface area contributed by atoms with Crippen LogP contribution in [0.5, 0.6) is 5.75 Å². The van der Waals surface area contributed by atoms with E-state index in [0.29, 0.717) is 30.3 Å². The summed E-state index contributed by atoms with van der Waals surface area (Å²) in [5, 5.41) is 2.66. The fraction of sp³-hybridized carbons (Fsp3) is 0.304. The predicted octanol–water partition coefficient (Wildman–Crippen LogP) is 3.24. The van der Waals surface area contributed by atoms with E-state index in [-0.39, 0.29) is 5.75 Å². The summed E-state index contributed by atoms with van der Waals surface area (Å²) in [6.45, 7) is 4.00. The molecule has 0 unspecified atom stereocenters. The number of nitrogens with zero attached hydrogens (tertiary/aromatic N) is 1. The molecule has 2 aromatic carbocycles. The minimum atomic E-state index is -3.69. The average Bonchev–Trinajstić information content (AvgIpc) is 3.08. The number of aryl methyl sites for hydroxylation is 2. The third kappa shape index (κ3) is 6.42. The van der Waals surface area contributed by atoms with Gasteiger partial charge in [-0.25, -0.2) is 13.4 Å². The van der Waals surface area contributed by atoms with Crippen LogP contribution < -0.4 is 10.1 Å². The van der Waals surface area contributed by atoms with Gasteiger partial charge in [-0.1, -0.05) is 29.8 Å². The van der Waals surface area contributed by atoms with Crippen molar-refractivity contribution in [2.24, 2.45) is 0 Å². The zero-order chi connectivity index (χ0) is 22.4. The van der Waals surface area contributed by atoms with Crippen LogP contribution in [0.1, 0.15) is 22.6 Å². The minimum Gasteiger partial charge on any atom is -0.497 e. The van der Waals surface area contributed by atoms with E-state index in [1.807, 2.05) is 55.5 Å². The highest BCUT2D eigenvalue weighted by molar-refractivity contribution is 7.91. The van der Waals surface area contributed by atoms with Crippen LogP contribution in [0.2, 0.25) is 0 Å². The van der Waals surface area contributed by atoms with Crippen molar-refractivity contribution in [3.05, 3.63) is 71.1 Å². The quantitative estimate of drug-likeness (QED) is 0.546. The topological polar surface area (TPSA) is 98.5 Å². The second kappa shape index (κ2) is 9.78. The molecule has 1 aromatic heterocycles. The van der Waals surface area contributed by atoms with E-state index in [0.717, 1.165) is 22.4 Å². The highest BCUT2D eigenvalue weighted by atomic mass is 32.2. The molecule has 0 spiro atoms. The van der Waals surface area contributed by atoms with Crippen molar-refractivity contribution in [2.45, 2.75) is 26.0 Å². The molecule has 0 saturated heterocycles. The summed E-state index contributed by atoms with van der Waals surface area (Å²) in [4.78, 5) is 16.5. The van der Waals surface area contributed by atoms with Gasteiger partial charge in [0.05, 0.1) is 18.6 Å². The third-order valence-electron chi connectivity index (χ3n) is 4.79. The van der Waals surface area contributed by atoms with Gasteiger partial charge in [-0.05, 0) is 50.1 Å². The molecular formula is C23H26N2O5S. The van der Waals surface area contributed by atoms with Crippen LogP contribution >= 0.6 is 0 Å². The fourth-order valence-corrected chi connectivity index (χ4v) is 4.32. The number of sulfone groups is 1. The second-order valence-electron chi connectivity index (χ2n) is 7.37. The zero-order valence-corrected chi connectivity index (χ0v) is 18.7. The highest BCUT2D eigenvalue weighted by Crippen LogP contribution is 2.23. The molecule has 0 fully saturated rings. The molecule has 0 bridgehead atoms. The minimum absolute atomic E-state index is 0.321. The lowest BCUT2D eigenvalue weighted by atomic mass is 10.1. The lowest BCUT2D eigenvalue weighted by molar-refractivity contribution is -0.118. The number of hydrogen-bond acceptors (Lipinski definition) is 6. The second-order valence-corrected chi connectivity index (χ2v) is 9.43. The van der Waals surface area contributed by atoms with E-state index in [1.165, 1.54) is 0 Å². The van der Waals surface area contributed by atoms with Crippen molar-refractivity contribution in [3.8, 4) is 17.2 Å². The molecule has 0 radical (unpaired) electrons. The van der Waals surface area contributed by atoms with E-state index in [1.54, 1.807) is 14.0 Å². The number of ether oxygens (including phenoxy) is 1. The van der Waals surface area contributed by atoms with Gasteiger partial charge >= 0.3 is 0 Å². The molecule has 31 heavy (non-hydrogen) atoms. The predicted molar refractivity (Wildman–Crippen MR) is 119 cm³/mol. The van der Waals surface area contributed by atoms with Gasteiger partial charge in [-0.15, -0.1) is 0 Å². The largest absolute Gasteiger partial charge is 0.497 e. The molecule has 0 atom stereocenters. The first-order valence-corrected chi connectivity index (χ1v) is 11.7. The van der Waals surface area contributed by atoms with Gasteiger partial charge in [0, 0.05) is 12.1 Å². The number of carbonyl (C=O) groups is 1. The number of benzene rings is 2. The molecule has 8 heteroatoms. The molecule has 164 valence electrons. The summed E-state index contributed by atoms with van der Waals surface area (Å²) in [5.41, 5.74) is 3.22. The first kappa shape index (κ1) is 22.6. The van der Waals surface area contributed by atoms with Crippen LogP contribution in [0.3, 0.4) is 0 Å². The summed E-state index contributed by atoms with van der Waals surface area (Å²) in [7, 11) is -2.09. The average molecular weight is 443 g/mol. The lowest BCUT2D eigenvalue weighted by Crippen LogP contribution is -2.32. The Morgan fingerprint density at radius 3 is 2.39 bits per heavy atom. The van der Waals surface area contributed by atoms with Crippen molar-refractivity contribution in [1.82, 2.24) is 10.3 Å². The number of nitrogens with one attached hydrogen (secondary N) is 1. The van der Waals surface area contributed by atoms with E-state index < -0.39 is 21.5 Å². The van der Waals surface area contributed by atoms with Crippen LogP contribution in [0.15, 0.2) is 52.9 Å². The Labute approximate surface area is 182 Å². The fourth-order valence-electron chi connectivity index (χ4n) is 3.03. The normalized spacial score (nSPS) is 11.3. The van der Waals surface area contributed by atoms with Crippen molar-refractivity contribution in [3.63, 3.8) is 0 Å². The molecule has 0 aliphatic rings. The summed E-state index contributed by atoms with van der Waals surface area (Å²) in [6, 6.07) is 15.1. The Bertz CT molecular complexity index is 1130. The first-order chi connectivity index (χ1) is 14.8. The van der Waals surface area contributed by atoms with Gasteiger partial charge in [0.25, 0.3) is 0 Å². The smallest absolute Gasteiger partial charge is 0.235 e. The molecule has 7 nitrogen and oxygen atoms in total. The molecule has 0 aliphatic heterocycles. The van der Waals surface area contributed by atoms with Crippen LogP contribution in [-0.4, -0.2) is 38.7 Å². The number of oxazole rings is 1. The van der Waals surface area contributed by atoms with Crippen molar-refractivity contribution >= 4 is 15.7 Å². The molecule has 3 rings (SSSR count). The lowest BCUT2D eigenvalue weighted by Gasteiger charge is -2.07. The van der Waals surface area contributed by atoms with Gasteiger partial charge in [0.15, 0.2) is 9.84 Å². The third-order valence-corrected chi connectivity index (χ3v) is 6.21. The van der Waals surface area contributed by atoms with Gasteiger partial charge < -0.3 is 14.5 Å². The Hall–Kier alpha value is -3.13. The van der Waals surface area contributed by atoms with Gasteiger partial charge in [-0.2, -0.15) is 0 Å². The molecule has 0 aliphatic carbocycles. The van der Waals surface area contributed by atoms with Crippen LogP contribution in [0.25, 0.3) is 11.5 Å². The first-order valence-electron chi connectivity index (χ1n) is 9.89. The number of aromatic nitrogens is 1. The van der Waals surface area contributed by atoms with E-state index >= 15 is 0 Å². The van der Waals surface area contributed by atoms with Gasteiger partial charge in [-0.3, -0.25) is 4.79 Å². The Morgan fingerprint density at radius 2 is 1.74 bits per heavy atom. The summed E-state index contributed by atoms with van der Waals surface area (Å²) in [6.07, 6.45) is 0.595. The molecule has 1 amide bonds. The van der Waals surface area contributed by atoms with E-state index in [4.69, 9.17) is 9.15 Å². The zero-order valence-electron chi connectivity index (χ0n) is 17.8. The van der Waals surface area contributed by atoms with Crippen LogP contribution in [-0.2, 0) is 26.8 Å². The highest BCUT2D eigenvalue weighted by Gasteiger charge is 2.22. The van der Waals surface area contributed by atoms with Crippen molar-refractivity contribution in [2.75, 3.05) is 19.4 Å². The maximum Gasteiger partial charge on any atom is 0.235 e. The number of methoxy groups -OCH3 is 1. The van der Waals surface area contributed by atoms with Crippen LogP contribution in [0, 0.1) is 13.8 Å². The molecule has 0 saturated carbocycles. The molecule has 3 aromatic rings. The summed E-state index contributed by atoms with van der Waals surface area (Å²) < 4.78 is 35.7. The maximum atomic E-state index is 12.5. The maximum absolute atomic E-state index is 12.5. The molecule has 1 heterocycles. The van der Waals surface area contributed by atoms with Crippen molar-refractivity contribution < 1.29 is 22.4 Å². The molecule has 1 N–H and O–H groups in total. The standard InChI is InChI=1S/C23H26N2O5S/c1-16-4-8-19(9-5-16)23-25-21(17(2)30-23)14-31(27,28)15-22(26)24-13-12-18-6-10-20(29-3)11-7-18/h4-11H,12-15H2,1-3H3,(H,24,26). The van der Waals surface area contributed by atoms with Gasteiger partial charge in [0.2, 0.25) is 11.8 Å². The van der Waals surface area contributed by atoms with E-state index in [2.05, 4.69) is 10.3 Å². The monoisotopic (exact) mass is 442 g/mol. The SMILES string of the molecule is COc1ccc(CCNC(=O)CS(=O)(=O)Cc2nc(-c3ccc(C)cc3)oc2C)cc1. The van der Waals surface area contributed by atoms with Crippen molar-refractivity contribution in [1.29, 1.82) is 0 Å².